The Labute approximate surface area is 115 Å². The van der Waals surface area contributed by atoms with Crippen LogP contribution in [0.4, 0.5) is 0 Å². The summed E-state index contributed by atoms with van der Waals surface area (Å²) < 4.78 is 5.64. The molecule has 3 nitrogen and oxygen atoms in total. The van der Waals surface area contributed by atoms with Crippen molar-refractivity contribution in [2.75, 3.05) is 14.1 Å². The van der Waals surface area contributed by atoms with E-state index in [1.165, 1.54) is 19.3 Å². The standard InChI is InChI=1S/C16H23NO2/c1-17(2)12-13-8-6-7-11-15(13)16(18)19-14-9-4-3-5-10-14/h6-8,11,14H,3-5,9-10,12H2,1-2H3. The number of carbonyl (C=O) groups is 1. The second kappa shape index (κ2) is 6.71. The maximum Gasteiger partial charge on any atom is 0.338 e. The van der Waals surface area contributed by atoms with Crippen LogP contribution in [0.2, 0.25) is 0 Å². The molecule has 1 saturated carbocycles. The molecule has 0 bridgehead atoms. The Morgan fingerprint density at radius 2 is 1.89 bits per heavy atom. The van der Waals surface area contributed by atoms with E-state index in [9.17, 15) is 4.79 Å². The van der Waals surface area contributed by atoms with E-state index < -0.39 is 0 Å². The fraction of sp³-hybridized carbons (Fsp3) is 0.562. The largest absolute Gasteiger partial charge is 0.459 e. The topological polar surface area (TPSA) is 29.5 Å². The summed E-state index contributed by atoms with van der Waals surface area (Å²) in [5.41, 5.74) is 1.75. The Morgan fingerprint density at radius 3 is 2.58 bits per heavy atom. The molecule has 0 N–H and O–H groups in total. The highest BCUT2D eigenvalue weighted by atomic mass is 16.5. The predicted molar refractivity (Wildman–Crippen MR) is 76.1 cm³/mol. The molecule has 0 saturated heterocycles. The van der Waals surface area contributed by atoms with Crippen LogP contribution in [-0.2, 0) is 11.3 Å². The zero-order valence-electron chi connectivity index (χ0n) is 11.9. The van der Waals surface area contributed by atoms with Gasteiger partial charge >= 0.3 is 5.97 Å². The molecule has 0 spiro atoms. The van der Waals surface area contributed by atoms with Crippen LogP contribution in [0.25, 0.3) is 0 Å². The molecule has 1 aromatic carbocycles. The van der Waals surface area contributed by atoms with E-state index >= 15 is 0 Å². The van der Waals surface area contributed by atoms with Crippen molar-refractivity contribution in [3.8, 4) is 0 Å². The van der Waals surface area contributed by atoms with Gasteiger partial charge in [-0.2, -0.15) is 0 Å². The fourth-order valence-electron chi connectivity index (χ4n) is 2.60. The molecule has 0 unspecified atom stereocenters. The summed E-state index contributed by atoms with van der Waals surface area (Å²) in [6.45, 7) is 0.760. The highest BCUT2D eigenvalue weighted by molar-refractivity contribution is 5.91. The molecule has 104 valence electrons. The summed E-state index contributed by atoms with van der Waals surface area (Å²) >= 11 is 0. The van der Waals surface area contributed by atoms with Gasteiger partial charge in [0.15, 0.2) is 0 Å². The molecule has 0 heterocycles. The summed E-state index contributed by atoms with van der Waals surface area (Å²) in [7, 11) is 4.01. The van der Waals surface area contributed by atoms with E-state index in [0.717, 1.165) is 24.9 Å². The summed E-state index contributed by atoms with van der Waals surface area (Å²) in [6.07, 6.45) is 5.77. The van der Waals surface area contributed by atoms with Gasteiger partial charge in [-0.05, 0) is 51.4 Å². The van der Waals surface area contributed by atoms with Gasteiger partial charge in [0.25, 0.3) is 0 Å². The van der Waals surface area contributed by atoms with Crippen molar-refractivity contribution in [1.82, 2.24) is 4.90 Å². The molecule has 1 aromatic rings. The van der Waals surface area contributed by atoms with Crippen molar-refractivity contribution in [3.63, 3.8) is 0 Å². The first-order chi connectivity index (χ1) is 9.16. The van der Waals surface area contributed by atoms with Crippen LogP contribution in [0.15, 0.2) is 24.3 Å². The van der Waals surface area contributed by atoms with Gasteiger partial charge in [0.2, 0.25) is 0 Å². The third kappa shape index (κ3) is 4.06. The normalized spacial score (nSPS) is 16.6. The zero-order valence-corrected chi connectivity index (χ0v) is 11.9. The molecule has 1 aliphatic rings. The lowest BCUT2D eigenvalue weighted by Gasteiger charge is -2.22. The van der Waals surface area contributed by atoms with E-state index in [-0.39, 0.29) is 12.1 Å². The number of esters is 1. The fourth-order valence-corrected chi connectivity index (χ4v) is 2.60. The number of hydrogen-bond acceptors (Lipinski definition) is 3. The molecule has 1 aliphatic carbocycles. The number of benzene rings is 1. The van der Waals surface area contributed by atoms with Gasteiger partial charge in [0.1, 0.15) is 6.10 Å². The molecule has 1 fully saturated rings. The van der Waals surface area contributed by atoms with E-state index in [2.05, 4.69) is 4.90 Å². The SMILES string of the molecule is CN(C)Cc1ccccc1C(=O)OC1CCCCC1. The summed E-state index contributed by atoms with van der Waals surface area (Å²) in [5, 5.41) is 0. The van der Waals surface area contributed by atoms with Crippen LogP contribution >= 0.6 is 0 Å². The van der Waals surface area contributed by atoms with Crippen molar-refractivity contribution in [2.45, 2.75) is 44.8 Å². The number of carbonyl (C=O) groups excluding carboxylic acids is 1. The van der Waals surface area contributed by atoms with Crippen LogP contribution < -0.4 is 0 Å². The lowest BCUT2D eigenvalue weighted by molar-refractivity contribution is 0.0209. The predicted octanol–water partition coefficient (Wildman–Crippen LogP) is 3.24. The molecule has 19 heavy (non-hydrogen) atoms. The monoisotopic (exact) mass is 261 g/mol. The maximum absolute atomic E-state index is 12.3. The molecule has 3 heteroatoms. The second-order valence-electron chi connectivity index (χ2n) is 5.56. The Morgan fingerprint density at radius 1 is 1.21 bits per heavy atom. The summed E-state index contributed by atoms with van der Waals surface area (Å²) in [4.78, 5) is 14.3. The van der Waals surface area contributed by atoms with Crippen LogP contribution in [0.1, 0.15) is 48.0 Å². The molecule has 0 amide bonds. The van der Waals surface area contributed by atoms with Crippen molar-refractivity contribution in [3.05, 3.63) is 35.4 Å². The lowest BCUT2D eigenvalue weighted by atomic mass is 9.97. The van der Waals surface area contributed by atoms with E-state index in [4.69, 9.17) is 4.74 Å². The Balaban J connectivity index is 2.05. The Hall–Kier alpha value is -1.35. The molecular weight excluding hydrogens is 238 g/mol. The molecule has 0 aliphatic heterocycles. The van der Waals surface area contributed by atoms with Crippen molar-refractivity contribution < 1.29 is 9.53 Å². The first-order valence-corrected chi connectivity index (χ1v) is 7.10. The van der Waals surface area contributed by atoms with Crippen LogP contribution in [0.5, 0.6) is 0 Å². The Kier molecular flexibility index (Phi) is 4.97. The highest BCUT2D eigenvalue weighted by Gasteiger charge is 2.20. The van der Waals surface area contributed by atoms with Crippen LogP contribution in [0.3, 0.4) is 0 Å². The first kappa shape index (κ1) is 14.1. The zero-order chi connectivity index (χ0) is 13.7. The summed E-state index contributed by atoms with van der Waals surface area (Å²) in [6, 6.07) is 7.73. The molecule has 0 aromatic heterocycles. The lowest BCUT2D eigenvalue weighted by Crippen LogP contribution is -2.22. The average molecular weight is 261 g/mol. The maximum atomic E-state index is 12.3. The van der Waals surface area contributed by atoms with Crippen molar-refractivity contribution >= 4 is 5.97 Å². The van der Waals surface area contributed by atoms with Crippen LogP contribution in [0, 0.1) is 0 Å². The third-order valence-electron chi connectivity index (χ3n) is 3.55. The average Bonchev–Trinajstić information content (AvgIpc) is 2.39. The second-order valence-corrected chi connectivity index (χ2v) is 5.56. The minimum Gasteiger partial charge on any atom is -0.459 e. The number of ether oxygens (including phenoxy) is 1. The van der Waals surface area contributed by atoms with E-state index in [0.29, 0.717) is 5.56 Å². The van der Waals surface area contributed by atoms with Gasteiger partial charge in [-0.3, -0.25) is 0 Å². The number of rotatable bonds is 4. The van der Waals surface area contributed by atoms with E-state index in [1.807, 2.05) is 38.4 Å². The number of hydrogen-bond donors (Lipinski definition) is 0. The summed E-state index contributed by atoms with van der Waals surface area (Å²) in [5.74, 6) is -0.163. The van der Waals surface area contributed by atoms with E-state index in [1.54, 1.807) is 0 Å². The number of nitrogens with zero attached hydrogens (tertiary/aromatic N) is 1. The van der Waals surface area contributed by atoms with Gasteiger partial charge in [-0.1, -0.05) is 24.6 Å². The van der Waals surface area contributed by atoms with Gasteiger partial charge in [-0.25, -0.2) is 4.79 Å². The minimum absolute atomic E-state index is 0.119. The smallest absolute Gasteiger partial charge is 0.338 e. The van der Waals surface area contributed by atoms with Crippen LogP contribution in [-0.4, -0.2) is 31.1 Å². The van der Waals surface area contributed by atoms with Gasteiger partial charge < -0.3 is 9.64 Å². The van der Waals surface area contributed by atoms with Gasteiger partial charge in [0.05, 0.1) is 5.56 Å². The van der Waals surface area contributed by atoms with Gasteiger partial charge in [-0.15, -0.1) is 0 Å². The quantitative estimate of drug-likeness (QED) is 0.779. The van der Waals surface area contributed by atoms with Gasteiger partial charge in [0, 0.05) is 6.54 Å². The van der Waals surface area contributed by atoms with Crippen molar-refractivity contribution in [2.24, 2.45) is 0 Å². The highest BCUT2D eigenvalue weighted by Crippen LogP contribution is 2.22. The molecule has 0 atom stereocenters. The third-order valence-corrected chi connectivity index (χ3v) is 3.55. The molecule has 2 rings (SSSR count). The first-order valence-electron chi connectivity index (χ1n) is 7.10. The Bertz CT molecular complexity index is 423. The molecule has 0 radical (unpaired) electrons. The van der Waals surface area contributed by atoms with Crippen molar-refractivity contribution in [1.29, 1.82) is 0 Å². The minimum atomic E-state index is -0.163. The molecular formula is C16H23NO2.